The van der Waals surface area contributed by atoms with E-state index in [0.29, 0.717) is 37.2 Å². The van der Waals surface area contributed by atoms with Crippen LogP contribution in [-0.2, 0) is 6.54 Å². The molecule has 0 spiro atoms. The van der Waals surface area contributed by atoms with E-state index in [-0.39, 0.29) is 6.04 Å². The molecule has 4 heterocycles. The molecule has 0 aliphatic carbocycles. The van der Waals surface area contributed by atoms with E-state index in [1.165, 1.54) is 4.90 Å². The van der Waals surface area contributed by atoms with Gasteiger partial charge in [0, 0.05) is 53.4 Å². The summed E-state index contributed by atoms with van der Waals surface area (Å²) in [6.45, 7) is 3.59. The molecule has 3 aromatic heterocycles. The Morgan fingerprint density at radius 2 is 2.02 bits per heavy atom. The number of piperidine rings is 1. The molecule has 41 heavy (non-hydrogen) atoms. The third-order valence-corrected chi connectivity index (χ3v) is 7.71. The number of likely N-dealkylation sites (tertiary alicyclic amines) is 1. The van der Waals surface area contributed by atoms with Crippen LogP contribution >= 0.6 is 11.3 Å². The summed E-state index contributed by atoms with van der Waals surface area (Å²) in [5, 5.41) is 20.2. The average Bonchev–Trinajstić information content (AvgIpc) is 3.52. The highest BCUT2D eigenvalue weighted by Gasteiger charge is 2.24. The van der Waals surface area contributed by atoms with Gasteiger partial charge in [-0.15, -0.1) is 11.3 Å². The monoisotopic (exact) mass is 567 g/mol. The summed E-state index contributed by atoms with van der Waals surface area (Å²) in [5.74, 6) is 1.60. The van der Waals surface area contributed by atoms with Crippen LogP contribution in [0.25, 0.3) is 22.0 Å². The lowest BCUT2D eigenvalue weighted by atomic mass is 10.0. The molecule has 5 aromatic rings. The fourth-order valence-corrected chi connectivity index (χ4v) is 5.59. The maximum atomic E-state index is 11.4. The van der Waals surface area contributed by atoms with E-state index in [1.54, 1.807) is 23.7 Å². The molecule has 1 amide bonds. The molecule has 3 N–H and O–H groups in total. The number of pyridine rings is 1. The molecule has 1 aliphatic rings. The first-order chi connectivity index (χ1) is 20.0. The van der Waals surface area contributed by atoms with E-state index in [1.807, 2.05) is 54.2 Å². The smallest absolute Gasteiger partial charge is 0.407 e. The Morgan fingerprint density at radius 1 is 1.10 bits per heavy atom. The van der Waals surface area contributed by atoms with Gasteiger partial charge in [-0.3, -0.25) is 0 Å². The zero-order valence-electron chi connectivity index (χ0n) is 22.4. The van der Waals surface area contributed by atoms with Gasteiger partial charge >= 0.3 is 6.09 Å². The van der Waals surface area contributed by atoms with Crippen LogP contribution in [0, 0.1) is 6.92 Å². The molecule has 1 atom stereocenters. The first-order valence-electron chi connectivity index (χ1n) is 13.4. The number of hydrogen-bond acceptors (Lipinski definition) is 9. The Balaban J connectivity index is 1.27. The number of carbonyl (C=O) groups is 1. The van der Waals surface area contributed by atoms with Gasteiger partial charge < -0.3 is 25.4 Å². The first kappa shape index (κ1) is 26.5. The van der Waals surface area contributed by atoms with Gasteiger partial charge in [0.25, 0.3) is 0 Å². The van der Waals surface area contributed by atoms with Gasteiger partial charge in [0.15, 0.2) is 0 Å². The highest BCUT2D eigenvalue weighted by molar-refractivity contribution is 7.07. The number of benzene rings is 2. The maximum absolute atomic E-state index is 11.4. The average molecular weight is 568 g/mol. The normalized spacial score (nSPS) is 15.0. The van der Waals surface area contributed by atoms with Crippen molar-refractivity contribution in [2.24, 2.45) is 0 Å². The minimum Gasteiger partial charge on any atom is -0.465 e. The van der Waals surface area contributed by atoms with Crippen LogP contribution < -0.4 is 15.4 Å². The second kappa shape index (κ2) is 11.8. The Morgan fingerprint density at radius 3 is 2.88 bits per heavy atom. The number of anilines is 2. The van der Waals surface area contributed by atoms with Crippen molar-refractivity contribution < 1.29 is 14.6 Å². The highest BCUT2D eigenvalue weighted by Crippen LogP contribution is 2.38. The number of nitrogens with one attached hydrogen (secondary N) is 2. The largest absolute Gasteiger partial charge is 0.465 e. The van der Waals surface area contributed by atoms with Crippen molar-refractivity contribution in [2.45, 2.75) is 32.4 Å². The van der Waals surface area contributed by atoms with E-state index >= 15 is 0 Å². The van der Waals surface area contributed by atoms with Crippen LogP contribution in [0.1, 0.15) is 24.1 Å². The number of fused-ring (bicyclic) bond motifs is 1. The molecule has 1 saturated heterocycles. The third-order valence-electron chi connectivity index (χ3n) is 7.08. The van der Waals surface area contributed by atoms with E-state index < -0.39 is 6.09 Å². The predicted octanol–water partition coefficient (Wildman–Crippen LogP) is 6.42. The van der Waals surface area contributed by atoms with Gasteiger partial charge in [0.1, 0.15) is 5.75 Å². The van der Waals surface area contributed by atoms with Crippen LogP contribution in [0.3, 0.4) is 0 Å². The van der Waals surface area contributed by atoms with Crippen molar-refractivity contribution in [1.82, 2.24) is 24.8 Å². The highest BCUT2D eigenvalue weighted by atomic mass is 32.1. The van der Waals surface area contributed by atoms with Crippen molar-refractivity contribution in [1.29, 1.82) is 0 Å². The lowest BCUT2D eigenvalue weighted by Crippen LogP contribution is -2.44. The Hall–Kier alpha value is -4.77. The number of ether oxygens (including phenoxy) is 1. The zero-order chi connectivity index (χ0) is 28.2. The topological polar surface area (TPSA) is 125 Å². The minimum absolute atomic E-state index is 0.0589. The number of rotatable bonds is 8. The van der Waals surface area contributed by atoms with Gasteiger partial charge in [-0.25, -0.2) is 24.7 Å². The summed E-state index contributed by atoms with van der Waals surface area (Å²) in [6, 6.07) is 15.8. The molecular formula is C30H29N7O3S. The Bertz CT molecular complexity index is 1680. The van der Waals surface area contributed by atoms with Gasteiger partial charge in [-0.1, -0.05) is 24.3 Å². The number of nitrogens with zero attached hydrogens (tertiary/aromatic N) is 5. The van der Waals surface area contributed by atoms with Crippen molar-refractivity contribution in [3.63, 3.8) is 0 Å². The SMILES string of the molecule is Cc1ccc2c(NCc3cscn3)cccc2c1Oc1ncccc1-c1ccnc(NC2CCCN(C(=O)O)C2)n1. The third kappa shape index (κ3) is 5.90. The van der Waals surface area contributed by atoms with Gasteiger partial charge in [-0.05, 0) is 49.6 Å². The molecule has 208 valence electrons. The van der Waals surface area contributed by atoms with E-state index in [2.05, 4.69) is 37.7 Å². The van der Waals surface area contributed by atoms with Crippen molar-refractivity contribution >= 4 is 39.8 Å². The molecule has 1 unspecified atom stereocenters. The fraction of sp³-hybridized carbons (Fsp3) is 0.233. The Labute approximate surface area is 241 Å². The molecule has 2 aromatic carbocycles. The van der Waals surface area contributed by atoms with Gasteiger partial charge in [0.05, 0.1) is 29.0 Å². The Kier molecular flexibility index (Phi) is 7.59. The molecule has 1 fully saturated rings. The van der Waals surface area contributed by atoms with E-state index in [0.717, 1.165) is 51.9 Å². The standard InChI is InChI=1S/C30H29N7O3S/c1-19-9-10-22-23(6-2-8-25(22)33-15-21-17-41-18-34-21)27(19)40-28-24(7-3-12-31-28)26-11-13-32-29(36-26)35-20-5-4-14-37(16-20)30(38)39/h2-3,6-13,17-18,20,33H,4-5,14-16H2,1H3,(H,38,39)(H,32,35,36). The van der Waals surface area contributed by atoms with Gasteiger partial charge in [-0.2, -0.15) is 0 Å². The number of thiazole rings is 1. The second-order valence-electron chi connectivity index (χ2n) is 9.88. The molecule has 0 saturated carbocycles. The number of aryl methyl sites for hydroxylation is 1. The molecule has 1 aliphatic heterocycles. The minimum atomic E-state index is -0.908. The van der Waals surface area contributed by atoms with E-state index in [4.69, 9.17) is 9.72 Å². The second-order valence-corrected chi connectivity index (χ2v) is 10.6. The van der Waals surface area contributed by atoms with E-state index in [9.17, 15) is 9.90 Å². The molecule has 6 rings (SSSR count). The summed E-state index contributed by atoms with van der Waals surface area (Å²) in [7, 11) is 0. The number of aromatic nitrogens is 4. The first-order valence-corrected chi connectivity index (χ1v) is 14.3. The lowest BCUT2D eigenvalue weighted by Gasteiger charge is -2.31. The van der Waals surface area contributed by atoms with Crippen LogP contribution in [0.4, 0.5) is 16.4 Å². The fourth-order valence-electron chi connectivity index (χ4n) is 5.03. The quantitative estimate of drug-likeness (QED) is 0.195. The van der Waals surface area contributed by atoms with Crippen LogP contribution in [0.2, 0.25) is 0 Å². The lowest BCUT2D eigenvalue weighted by molar-refractivity contribution is 0.132. The summed E-state index contributed by atoms with van der Waals surface area (Å²) in [6.07, 6.45) is 4.11. The van der Waals surface area contributed by atoms with Crippen molar-refractivity contribution in [3.05, 3.63) is 83.1 Å². The summed E-state index contributed by atoms with van der Waals surface area (Å²) < 4.78 is 6.54. The van der Waals surface area contributed by atoms with Gasteiger partial charge in [0.2, 0.25) is 11.8 Å². The van der Waals surface area contributed by atoms with Crippen molar-refractivity contribution in [2.75, 3.05) is 23.7 Å². The summed E-state index contributed by atoms with van der Waals surface area (Å²) in [5.41, 5.74) is 6.19. The molecule has 10 nitrogen and oxygen atoms in total. The number of amides is 1. The van der Waals surface area contributed by atoms with Crippen LogP contribution in [0.15, 0.2) is 71.8 Å². The molecule has 0 bridgehead atoms. The number of carboxylic acid groups (broad SMARTS) is 1. The van der Waals surface area contributed by atoms with Crippen LogP contribution in [-0.4, -0.2) is 55.2 Å². The molecular weight excluding hydrogens is 538 g/mol. The summed E-state index contributed by atoms with van der Waals surface area (Å²) >= 11 is 1.58. The predicted molar refractivity (Wildman–Crippen MR) is 160 cm³/mol. The maximum Gasteiger partial charge on any atom is 0.407 e. The number of hydrogen-bond donors (Lipinski definition) is 3. The zero-order valence-corrected chi connectivity index (χ0v) is 23.3. The van der Waals surface area contributed by atoms with Crippen molar-refractivity contribution in [3.8, 4) is 22.9 Å². The molecule has 0 radical (unpaired) electrons. The van der Waals surface area contributed by atoms with Crippen LogP contribution in [0.5, 0.6) is 11.6 Å². The summed E-state index contributed by atoms with van der Waals surface area (Å²) in [4.78, 5) is 30.9. The molecule has 11 heteroatoms.